The van der Waals surface area contributed by atoms with Crippen molar-refractivity contribution in [2.24, 2.45) is 0 Å². The zero-order chi connectivity index (χ0) is 8.39. The molecule has 2 rings (SSSR count). The Morgan fingerprint density at radius 3 is 2.83 bits per heavy atom. The largest absolute Gasteiger partial charge is 0.343 e. The highest BCUT2D eigenvalue weighted by molar-refractivity contribution is 6.30. The Morgan fingerprint density at radius 1 is 1.25 bits per heavy atom. The summed E-state index contributed by atoms with van der Waals surface area (Å²) in [6.07, 6.45) is 5.08. The van der Waals surface area contributed by atoms with Crippen LogP contribution >= 0.6 is 11.6 Å². The first-order valence-corrected chi connectivity index (χ1v) is 3.85. The minimum atomic E-state index is 0.663. The number of aromatic amines is 1. The number of halogens is 1. The lowest BCUT2D eigenvalue weighted by Crippen LogP contribution is -1.83. The van der Waals surface area contributed by atoms with E-state index in [9.17, 15) is 0 Å². The molecule has 0 spiro atoms. The zero-order valence-corrected chi connectivity index (χ0v) is 6.92. The van der Waals surface area contributed by atoms with E-state index in [4.69, 9.17) is 11.6 Å². The summed E-state index contributed by atoms with van der Waals surface area (Å²) < 4.78 is 0. The molecule has 0 radical (unpaired) electrons. The summed E-state index contributed by atoms with van der Waals surface area (Å²) in [6, 6.07) is 3.49. The SMILES string of the molecule is Clc1ccnc(-c2ncc[nH]2)c1. The summed E-state index contributed by atoms with van der Waals surface area (Å²) in [6.45, 7) is 0. The van der Waals surface area contributed by atoms with Gasteiger partial charge in [0, 0.05) is 23.6 Å². The Kier molecular flexibility index (Phi) is 1.80. The fourth-order valence-corrected chi connectivity index (χ4v) is 1.10. The van der Waals surface area contributed by atoms with Gasteiger partial charge in [0.15, 0.2) is 5.82 Å². The lowest BCUT2D eigenvalue weighted by molar-refractivity contribution is 1.22. The molecule has 0 aromatic carbocycles. The lowest BCUT2D eigenvalue weighted by Gasteiger charge is -1.94. The van der Waals surface area contributed by atoms with Gasteiger partial charge in [0.05, 0.1) is 0 Å². The number of H-pyrrole nitrogens is 1. The average Bonchev–Trinajstić information content (AvgIpc) is 2.56. The summed E-state index contributed by atoms with van der Waals surface area (Å²) in [4.78, 5) is 11.1. The van der Waals surface area contributed by atoms with Crippen LogP contribution in [0.3, 0.4) is 0 Å². The maximum atomic E-state index is 5.78. The summed E-state index contributed by atoms with van der Waals surface area (Å²) in [5.74, 6) is 0.734. The molecule has 4 heteroatoms. The van der Waals surface area contributed by atoms with Crippen molar-refractivity contribution in [2.75, 3.05) is 0 Å². The van der Waals surface area contributed by atoms with Crippen molar-refractivity contribution in [3.8, 4) is 11.5 Å². The highest BCUT2D eigenvalue weighted by atomic mass is 35.5. The van der Waals surface area contributed by atoms with E-state index in [1.165, 1.54) is 0 Å². The van der Waals surface area contributed by atoms with Gasteiger partial charge in [-0.1, -0.05) is 11.6 Å². The standard InChI is InChI=1S/C8H6ClN3/c9-6-1-2-10-7(5-6)8-11-3-4-12-8/h1-5H,(H,11,12). The van der Waals surface area contributed by atoms with E-state index in [2.05, 4.69) is 15.0 Å². The Morgan fingerprint density at radius 2 is 2.17 bits per heavy atom. The third kappa shape index (κ3) is 1.31. The first-order valence-electron chi connectivity index (χ1n) is 3.47. The average molecular weight is 180 g/mol. The molecule has 3 nitrogen and oxygen atoms in total. The Hall–Kier alpha value is -1.35. The quantitative estimate of drug-likeness (QED) is 0.729. The highest BCUT2D eigenvalue weighted by Gasteiger charge is 2.00. The molecule has 2 aromatic rings. The zero-order valence-electron chi connectivity index (χ0n) is 6.16. The Bertz CT molecular complexity index is 370. The molecule has 0 amide bonds. The molecule has 0 bridgehead atoms. The molecule has 0 aliphatic carbocycles. The summed E-state index contributed by atoms with van der Waals surface area (Å²) in [5.41, 5.74) is 0.757. The third-order valence-corrected chi connectivity index (χ3v) is 1.70. The number of hydrogen-bond acceptors (Lipinski definition) is 2. The summed E-state index contributed by atoms with van der Waals surface area (Å²) in [7, 11) is 0. The molecule has 0 saturated heterocycles. The van der Waals surface area contributed by atoms with Crippen molar-refractivity contribution < 1.29 is 0 Å². The van der Waals surface area contributed by atoms with Gasteiger partial charge in [0.25, 0.3) is 0 Å². The molecule has 12 heavy (non-hydrogen) atoms. The monoisotopic (exact) mass is 179 g/mol. The van der Waals surface area contributed by atoms with Crippen LogP contribution in [-0.4, -0.2) is 15.0 Å². The van der Waals surface area contributed by atoms with Crippen LogP contribution in [0.1, 0.15) is 0 Å². The lowest BCUT2D eigenvalue weighted by atomic mass is 10.3. The van der Waals surface area contributed by atoms with Crippen LogP contribution in [0.4, 0.5) is 0 Å². The molecular weight excluding hydrogens is 174 g/mol. The maximum absolute atomic E-state index is 5.78. The molecule has 0 unspecified atom stereocenters. The summed E-state index contributed by atoms with van der Waals surface area (Å²) in [5, 5.41) is 0.663. The van der Waals surface area contributed by atoms with Crippen molar-refractivity contribution in [2.45, 2.75) is 0 Å². The number of nitrogens with one attached hydrogen (secondary N) is 1. The highest BCUT2D eigenvalue weighted by Crippen LogP contribution is 2.15. The van der Waals surface area contributed by atoms with E-state index in [1.54, 1.807) is 30.7 Å². The second-order valence-electron chi connectivity index (χ2n) is 2.30. The van der Waals surface area contributed by atoms with E-state index in [-0.39, 0.29) is 0 Å². The van der Waals surface area contributed by atoms with Gasteiger partial charge in [-0.05, 0) is 12.1 Å². The van der Waals surface area contributed by atoms with Crippen molar-refractivity contribution in [1.29, 1.82) is 0 Å². The molecule has 0 fully saturated rings. The van der Waals surface area contributed by atoms with E-state index in [0.29, 0.717) is 5.02 Å². The van der Waals surface area contributed by atoms with Crippen LogP contribution in [0, 0.1) is 0 Å². The predicted molar refractivity (Wildman–Crippen MR) is 46.8 cm³/mol. The third-order valence-electron chi connectivity index (χ3n) is 1.46. The molecule has 2 heterocycles. The van der Waals surface area contributed by atoms with Crippen LogP contribution in [0.15, 0.2) is 30.7 Å². The minimum Gasteiger partial charge on any atom is -0.343 e. The molecule has 0 aliphatic heterocycles. The van der Waals surface area contributed by atoms with E-state index >= 15 is 0 Å². The molecule has 1 N–H and O–H groups in total. The molecular formula is C8H6ClN3. The number of pyridine rings is 1. The van der Waals surface area contributed by atoms with Gasteiger partial charge in [0.2, 0.25) is 0 Å². The van der Waals surface area contributed by atoms with Gasteiger partial charge < -0.3 is 4.98 Å². The Labute approximate surface area is 74.4 Å². The predicted octanol–water partition coefficient (Wildman–Crippen LogP) is 2.13. The molecule has 2 aromatic heterocycles. The number of rotatable bonds is 1. The van der Waals surface area contributed by atoms with Crippen molar-refractivity contribution in [3.05, 3.63) is 35.7 Å². The molecule has 0 saturated carbocycles. The van der Waals surface area contributed by atoms with Crippen molar-refractivity contribution >= 4 is 11.6 Å². The van der Waals surface area contributed by atoms with Crippen LogP contribution < -0.4 is 0 Å². The second kappa shape index (κ2) is 2.95. The van der Waals surface area contributed by atoms with E-state index < -0.39 is 0 Å². The van der Waals surface area contributed by atoms with Gasteiger partial charge >= 0.3 is 0 Å². The smallest absolute Gasteiger partial charge is 0.156 e. The van der Waals surface area contributed by atoms with Crippen LogP contribution in [0.25, 0.3) is 11.5 Å². The van der Waals surface area contributed by atoms with Crippen LogP contribution in [0.2, 0.25) is 5.02 Å². The van der Waals surface area contributed by atoms with E-state index in [0.717, 1.165) is 11.5 Å². The van der Waals surface area contributed by atoms with Gasteiger partial charge in [-0.15, -0.1) is 0 Å². The van der Waals surface area contributed by atoms with Gasteiger partial charge in [0.1, 0.15) is 5.69 Å². The van der Waals surface area contributed by atoms with E-state index in [1.807, 2.05) is 0 Å². The van der Waals surface area contributed by atoms with Crippen molar-refractivity contribution in [1.82, 2.24) is 15.0 Å². The number of imidazole rings is 1. The van der Waals surface area contributed by atoms with Crippen molar-refractivity contribution in [3.63, 3.8) is 0 Å². The molecule has 0 aliphatic rings. The van der Waals surface area contributed by atoms with Gasteiger partial charge in [-0.3, -0.25) is 4.98 Å². The molecule has 0 atom stereocenters. The summed E-state index contributed by atoms with van der Waals surface area (Å²) >= 11 is 5.78. The number of nitrogens with zero attached hydrogens (tertiary/aromatic N) is 2. The minimum absolute atomic E-state index is 0.663. The Balaban J connectivity index is 2.48. The fraction of sp³-hybridized carbons (Fsp3) is 0. The van der Waals surface area contributed by atoms with Gasteiger partial charge in [-0.25, -0.2) is 4.98 Å². The first-order chi connectivity index (χ1) is 5.86. The number of hydrogen-bond donors (Lipinski definition) is 1. The van der Waals surface area contributed by atoms with Crippen LogP contribution in [0.5, 0.6) is 0 Å². The normalized spacial score (nSPS) is 10.1. The molecule has 60 valence electrons. The fourth-order valence-electron chi connectivity index (χ4n) is 0.940. The first kappa shape index (κ1) is 7.31. The van der Waals surface area contributed by atoms with Crippen LogP contribution in [-0.2, 0) is 0 Å². The van der Waals surface area contributed by atoms with Gasteiger partial charge in [-0.2, -0.15) is 0 Å². The maximum Gasteiger partial charge on any atom is 0.156 e. The number of aromatic nitrogens is 3. The second-order valence-corrected chi connectivity index (χ2v) is 2.73. The topological polar surface area (TPSA) is 41.6 Å².